The van der Waals surface area contributed by atoms with Gasteiger partial charge in [0.15, 0.2) is 0 Å². The second-order valence-electron chi connectivity index (χ2n) is 5.44. The molecule has 2 aromatic rings. The van der Waals surface area contributed by atoms with E-state index in [4.69, 9.17) is 4.74 Å². The summed E-state index contributed by atoms with van der Waals surface area (Å²) in [6.07, 6.45) is 0.829. The highest BCUT2D eigenvalue weighted by molar-refractivity contribution is 7.89. The highest BCUT2D eigenvalue weighted by atomic mass is 32.2. The van der Waals surface area contributed by atoms with Gasteiger partial charge in [0, 0.05) is 6.54 Å². The van der Waals surface area contributed by atoms with Crippen LogP contribution in [0.15, 0.2) is 53.4 Å². The van der Waals surface area contributed by atoms with E-state index in [1.54, 1.807) is 36.4 Å². The van der Waals surface area contributed by atoms with Crippen LogP contribution >= 0.6 is 0 Å². The number of rotatable bonds is 5. The van der Waals surface area contributed by atoms with Crippen molar-refractivity contribution in [2.24, 2.45) is 0 Å². The number of benzene rings is 2. The topological polar surface area (TPSA) is 84.5 Å². The van der Waals surface area contributed by atoms with Gasteiger partial charge in [0.25, 0.3) is 0 Å². The molecule has 1 heterocycles. The Labute approximate surface area is 140 Å². The van der Waals surface area contributed by atoms with E-state index < -0.39 is 10.0 Å². The largest absolute Gasteiger partial charge is 0.491 e. The van der Waals surface area contributed by atoms with Crippen molar-refractivity contribution in [3.8, 4) is 5.75 Å². The van der Waals surface area contributed by atoms with E-state index in [0.717, 1.165) is 5.56 Å². The van der Waals surface area contributed by atoms with Crippen molar-refractivity contribution >= 4 is 21.6 Å². The molecule has 0 saturated heterocycles. The Hall–Kier alpha value is -2.38. The lowest BCUT2D eigenvalue weighted by molar-refractivity contribution is -0.116. The van der Waals surface area contributed by atoms with Crippen LogP contribution < -0.4 is 14.8 Å². The standard InChI is InChI=1S/C17H18N2O4S/c20-17-9-11-23-16-7-6-13(12-15(16)19-17)8-10-18-24(21,22)14-4-2-1-3-5-14/h1-7,12,18H,8-11H2,(H,19,20). The van der Waals surface area contributed by atoms with Gasteiger partial charge in [-0.2, -0.15) is 0 Å². The number of carbonyl (C=O) groups is 1. The average molecular weight is 346 g/mol. The van der Waals surface area contributed by atoms with Crippen molar-refractivity contribution in [3.05, 3.63) is 54.1 Å². The van der Waals surface area contributed by atoms with Gasteiger partial charge in [-0.25, -0.2) is 13.1 Å². The Morgan fingerprint density at radius 3 is 2.71 bits per heavy atom. The maximum atomic E-state index is 12.2. The minimum Gasteiger partial charge on any atom is -0.491 e. The molecule has 0 saturated carbocycles. The first kappa shape index (κ1) is 16.5. The third-order valence-electron chi connectivity index (χ3n) is 3.66. The highest BCUT2D eigenvalue weighted by Crippen LogP contribution is 2.28. The van der Waals surface area contributed by atoms with Gasteiger partial charge in [-0.15, -0.1) is 0 Å². The van der Waals surface area contributed by atoms with Crippen LogP contribution in [0.1, 0.15) is 12.0 Å². The van der Waals surface area contributed by atoms with E-state index in [-0.39, 0.29) is 17.3 Å². The Bertz CT molecular complexity index is 835. The first-order valence-corrected chi connectivity index (χ1v) is 9.13. The molecular weight excluding hydrogens is 328 g/mol. The van der Waals surface area contributed by atoms with Crippen LogP contribution in [-0.4, -0.2) is 27.5 Å². The van der Waals surface area contributed by atoms with Gasteiger partial charge in [-0.05, 0) is 36.2 Å². The molecule has 1 amide bonds. The van der Waals surface area contributed by atoms with Gasteiger partial charge >= 0.3 is 0 Å². The molecule has 126 valence electrons. The molecule has 0 unspecified atom stereocenters. The van der Waals surface area contributed by atoms with Crippen LogP contribution in [0.2, 0.25) is 0 Å². The fourth-order valence-corrected chi connectivity index (χ4v) is 3.49. The molecule has 2 N–H and O–H groups in total. The van der Waals surface area contributed by atoms with Crippen molar-refractivity contribution in [1.82, 2.24) is 4.72 Å². The van der Waals surface area contributed by atoms with E-state index in [1.165, 1.54) is 0 Å². The highest BCUT2D eigenvalue weighted by Gasteiger charge is 2.15. The number of hydrogen-bond donors (Lipinski definition) is 2. The summed E-state index contributed by atoms with van der Waals surface area (Å²) in [6, 6.07) is 13.7. The van der Waals surface area contributed by atoms with Crippen molar-refractivity contribution in [3.63, 3.8) is 0 Å². The summed E-state index contributed by atoms with van der Waals surface area (Å²) in [5, 5.41) is 2.79. The monoisotopic (exact) mass is 346 g/mol. The van der Waals surface area contributed by atoms with Gasteiger partial charge < -0.3 is 10.1 Å². The van der Waals surface area contributed by atoms with Crippen LogP contribution in [0.25, 0.3) is 0 Å². The third-order valence-corrected chi connectivity index (χ3v) is 5.14. The van der Waals surface area contributed by atoms with Crippen LogP contribution in [0.4, 0.5) is 5.69 Å². The molecule has 0 bridgehead atoms. The summed E-state index contributed by atoms with van der Waals surface area (Å²) >= 11 is 0. The number of ether oxygens (including phenoxy) is 1. The van der Waals surface area contributed by atoms with E-state index >= 15 is 0 Å². The third kappa shape index (κ3) is 3.93. The Morgan fingerprint density at radius 2 is 1.92 bits per heavy atom. The predicted octanol–water partition coefficient (Wildman–Crippen LogP) is 1.93. The molecule has 0 aliphatic carbocycles. The summed E-state index contributed by atoms with van der Waals surface area (Å²) < 4.78 is 32.4. The molecule has 0 radical (unpaired) electrons. The first-order chi connectivity index (χ1) is 11.5. The van der Waals surface area contributed by atoms with Crippen molar-refractivity contribution in [1.29, 1.82) is 0 Å². The molecule has 0 spiro atoms. The number of nitrogens with one attached hydrogen (secondary N) is 2. The maximum Gasteiger partial charge on any atom is 0.240 e. The van der Waals surface area contributed by atoms with Crippen molar-refractivity contribution < 1.29 is 17.9 Å². The van der Waals surface area contributed by atoms with Crippen LogP contribution in [-0.2, 0) is 21.2 Å². The molecule has 3 rings (SSSR count). The molecule has 7 heteroatoms. The van der Waals surface area contributed by atoms with Gasteiger partial charge in [0.05, 0.1) is 23.6 Å². The second-order valence-corrected chi connectivity index (χ2v) is 7.20. The van der Waals surface area contributed by atoms with E-state index in [9.17, 15) is 13.2 Å². The lowest BCUT2D eigenvalue weighted by atomic mass is 10.1. The van der Waals surface area contributed by atoms with Gasteiger partial charge in [-0.1, -0.05) is 24.3 Å². The summed E-state index contributed by atoms with van der Waals surface area (Å²) in [7, 11) is -3.51. The van der Waals surface area contributed by atoms with Crippen LogP contribution in [0.3, 0.4) is 0 Å². The average Bonchev–Trinajstić information content (AvgIpc) is 2.75. The molecule has 1 aliphatic heterocycles. The lowest BCUT2D eigenvalue weighted by Crippen LogP contribution is -2.25. The van der Waals surface area contributed by atoms with E-state index in [1.807, 2.05) is 12.1 Å². The molecular formula is C17H18N2O4S. The minimum atomic E-state index is -3.51. The van der Waals surface area contributed by atoms with Gasteiger partial charge in [0.2, 0.25) is 15.9 Å². The van der Waals surface area contributed by atoms with Gasteiger partial charge in [-0.3, -0.25) is 4.79 Å². The molecule has 0 atom stereocenters. The fraction of sp³-hybridized carbons (Fsp3) is 0.235. The number of anilines is 1. The lowest BCUT2D eigenvalue weighted by Gasteiger charge is -2.10. The zero-order valence-electron chi connectivity index (χ0n) is 13.0. The van der Waals surface area contributed by atoms with E-state index in [0.29, 0.717) is 30.9 Å². The summed E-state index contributed by atoms with van der Waals surface area (Å²) in [6.45, 7) is 0.625. The number of hydrogen-bond acceptors (Lipinski definition) is 4. The molecule has 1 aliphatic rings. The molecule has 6 nitrogen and oxygen atoms in total. The zero-order valence-corrected chi connectivity index (χ0v) is 13.8. The number of carbonyl (C=O) groups excluding carboxylic acids is 1. The van der Waals surface area contributed by atoms with Crippen molar-refractivity contribution in [2.75, 3.05) is 18.5 Å². The number of sulfonamides is 1. The fourth-order valence-electron chi connectivity index (χ4n) is 2.44. The molecule has 0 aromatic heterocycles. The predicted molar refractivity (Wildman–Crippen MR) is 90.5 cm³/mol. The van der Waals surface area contributed by atoms with Gasteiger partial charge in [0.1, 0.15) is 5.75 Å². The van der Waals surface area contributed by atoms with Crippen LogP contribution in [0, 0.1) is 0 Å². The second kappa shape index (κ2) is 7.02. The Morgan fingerprint density at radius 1 is 1.12 bits per heavy atom. The SMILES string of the molecule is O=C1CCOc2ccc(CCNS(=O)(=O)c3ccccc3)cc2N1. The zero-order chi connectivity index (χ0) is 17.0. The summed E-state index contributed by atoms with van der Waals surface area (Å²) in [4.78, 5) is 11.8. The normalized spacial score (nSPS) is 14.2. The van der Waals surface area contributed by atoms with Crippen LogP contribution in [0.5, 0.6) is 5.75 Å². The summed E-state index contributed by atoms with van der Waals surface area (Å²) in [5.74, 6) is 0.546. The molecule has 2 aromatic carbocycles. The quantitative estimate of drug-likeness (QED) is 0.866. The number of fused-ring (bicyclic) bond motifs is 1. The summed E-state index contributed by atoms with van der Waals surface area (Å²) in [5.41, 5.74) is 1.54. The van der Waals surface area contributed by atoms with E-state index in [2.05, 4.69) is 10.0 Å². The number of amides is 1. The maximum absolute atomic E-state index is 12.2. The molecule has 0 fully saturated rings. The minimum absolute atomic E-state index is 0.0873. The van der Waals surface area contributed by atoms with Crippen molar-refractivity contribution in [2.45, 2.75) is 17.7 Å². The Kier molecular flexibility index (Phi) is 4.82. The molecule has 24 heavy (non-hydrogen) atoms. The first-order valence-electron chi connectivity index (χ1n) is 7.65. The smallest absolute Gasteiger partial charge is 0.240 e. The Balaban J connectivity index is 1.64.